The van der Waals surface area contributed by atoms with Crippen LogP contribution in [0.5, 0.6) is 0 Å². The molecule has 0 aliphatic heterocycles. The molecule has 0 atom stereocenters. The summed E-state index contributed by atoms with van der Waals surface area (Å²) in [6, 6.07) is 3.99. The van der Waals surface area contributed by atoms with Crippen LogP contribution in [0.1, 0.15) is 21.7 Å². The van der Waals surface area contributed by atoms with E-state index in [-0.39, 0.29) is 17.0 Å². The molecule has 1 heterocycles. The molecular weight excluding hydrogens is 294 g/mol. The topological polar surface area (TPSA) is 101 Å². The number of benzene rings is 1. The van der Waals surface area contributed by atoms with Crippen LogP contribution in [-0.2, 0) is 23.6 Å². The summed E-state index contributed by atoms with van der Waals surface area (Å²) >= 11 is 0. The predicted molar refractivity (Wildman–Crippen MR) is 75.4 cm³/mol. The minimum atomic E-state index is -3.81. The number of sulfonamides is 1. The molecule has 0 aliphatic rings. The van der Waals surface area contributed by atoms with E-state index in [1.165, 1.54) is 12.1 Å². The molecule has 0 spiro atoms. The lowest BCUT2D eigenvalue weighted by Gasteiger charge is -2.10. The maximum atomic E-state index is 12.3. The second-order valence-electron chi connectivity index (χ2n) is 4.56. The molecule has 2 N–H and O–H groups in total. The van der Waals surface area contributed by atoms with Crippen molar-refractivity contribution >= 4 is 16.0 Å². The van der Waals surface area contributed by atoms with E-state index >= 15 is 0 Å². The van der Waals surface area contributed by atoms with Crippen molar-refractivity contribution in [2.75, 3.05) is 0 Å². The number of hydrogen-bond donors (Lipinski definition) is 2. The molecule has 112 valence electrons. The van der Waals surface area contributed by atoms with Crippen molar-refractivity contribution in [3.05, 3.63) is 47.5 Å². The van der Waals surface area contributed by atoms with Gasteiger partial charge in [0.25, 0.3) is 0 Å². The highest BCUT2D eigenvalue weighted by molar-refractivity contribution is 7.89. The summed E-state index contributed by atoms with van der Waals surface area (Å²) in [6.45, 7) is 1.64. The monoisotopic (exact) mass is 309 g/mol. The van der Waals surface area contributed by atoms with Crippen LogP contribution in [0.3, 0.4) is 0 Å². The molecule has 0 aliphatic carbocycles. The van der Waals surface area contributed by atoms with Gasteiger partial charge in [0.2, 0.25) is 10.0 Å². The molecule has 0 unspecified atom stereocenters. The van der Waals surface area contributed by atoms with Gasteiger partial charge >= 0.3 is 5.97 Å². The number of hydrogen-bond acceptors (Lipinski definition) is 4. The lowest BCUT2D eigenvalue weighted by Crippen LogP contribution is -2.25. The average molecular weight is 309 g/mol. The lowest BCUT2D eigenvalue weighted by atomic mass is 10.1. The summed E-state index contributed by atoms with van der Waals surface area (Å²) in [7, 11) is -2.05. The number of imidazole rings is 1. The number of aryl methyl sites for hydroxylation is 2. The Hall–Kier alpha value is -2.19. The maximum absolute atomic E-state index is 12.3. The van der Waals surface area contributed by atoms with Crippen LogP contribution in [-0.4, -0.2) is 29.0 Å². The van der Waals surface area contributed by atoms with Crippen molar-refractivity contribution in [2.24, 2.45) is 7.05 Å². The Morgan fingerprint density at radius 1 is 1.43 bits per heavy atom. The Bertz CT molecular complexity index is 780. The average Bonchev–Trinajstić information content (AvgIpc) is 2.82. The Morgan fingerprint density at radius 2 is 2.14 bits per heavy atom. The summed E-state index contributed by atoms with van der Waals surface area (Å²) in [5.74, 6) is -0.610. The summed E-state index contributed by atoms with van der Waals surface area (Å²) in [5.41, 5.74) is 0.408. The first-order chi connectivity index (χ1) is 9.81. The largest absolute Gasteiger partial charge is 0.478 e. The third kappa shape index (κ3) is 3.29. The standard InChI is InChI=1S/C13H15N3O4S/c1-9-3-4-10(13(17)18)7-11(9)21(19,20)15-8-12-14-5-6-16(12)2/h3-7,15H,8H2,1-2H3,(H,17,18). The van der Waals surface area contributed by atoms with Crippen LogP contribution in [0.25, 0.3) is 0 Å². The second-order valence-corrected chi connectivity index (χ2v) is 6.30. The van der Waals surface area contributed by atoms with Gasteiger partial charge in [-0.1, -0.05) is 6.07 Å². The number of carbonyl (C=O) groups is 1. The minimum Gasteiger partial charge on any atom is -0.478 e. The number of carboxylic acids is 1. The molecule has 0 saturated carbocycles. The van der Waals surface area contributed by atoms with Crippen molar-refractivity contribution in [1.29, 1.82) is 0 Å². The molecule has 1 aromatic heterocycles. The SMILES string of the molecule is Cc1ccc(C(=O)O)cc1S(=O)(=O)NCc1nccn1C. The number of nitrogens with zero attached hydrogens (tertiary/aromatic N) is 2. The molecule has 0 fully saturated rings. The van der Waals surface area contributed by atoms with E-state index in [1.54, 1.807) is 30.9 Å². The summed E-state index contributed by atoms with van der Waals surface area (Å²) in [6.07, 6.45) is 3.28. The van der Waals surface area contributed by atoms with Gasteiger partial charge in [0, 0.05) is 19.4 Å². The molecule has 21 heavy (non-hydrogen) atoms. The molecule has 0 amide bonds. The third-order valence-electron chi connectivity index (χ3n) is 3.07. The zero-order valence-corrected chi connectivity index (χ0v) is 12.4. The van der Waals surface area contributed by atoms with Crippen molar-refractivity contribution in [1.82, 2.24) is 14.3 Å². The number of aromatic nitrogens is 2. The summed E-state index contributed by atoms with van der Waals surface area (Å²) in [5, 5.41) is 8.95. The highest BCUT2D eigenvalue weighted by Crippen LogP contribution is 2.17. The molecule has 1 aromatic carbocycles. The van der Waals surface area contributed by atoms with Crippen molar-refractivity contribution in [3.8, 4) is 0 Å². The van der Waals surface area contributed by atoms with Crippen LogP contribution in [0.15, 0.2) is 35.5 Å². The van der Waals surface area contributed by atoms with Crippen molar-refractivity contribution in [3.63, 3.8) is 0 Å². The Kier molecular flexibility index (Phi) is 4.10. The van der Waals surface area contributed by atoms with E-state index in [1.807, 2.05) is 0 Å². The fraction of sp³-hybridized carbons (Fsp3) is 0.231. The van der Waals surface area contributed by atoms with Gasteiger partial charge in [0.1, 0.15) is 5.82 Å². The smallest absolute Gasteiger partial charge is 0.335 e. The highest BCUT2D eigenvalue weighted by atomic mass is 32.2. The first-order valence-electron chi connectivity index (χ1n) is 6.11. The van der Waals surface area contributed by atoms with Crippen LogP contribution in [0.4, 0.5) is 0 Å². The van der Waals surface area contributed by atoms with E-state index < -0.39 is 16.0 Å². The second kappa shape index (κ2) is 5.66. The number of rotatable bonds is 5. The fourth-order valence-electron chi connectivity index (χ4n) is 1.83. The Morgan fingerprint density at radius 3 is 2.71 bits per heavy atom. The molecule has 0 saturated heterocycles. The fourth-order valence-corrected chi connectivity index (χ4v) is 3.08. The molecule has 8 heteroatoms. The molecule has 0 radical (unpaired) electrons. The van der Waals surface area contributed by atoms with E-state index in [2.05, 4.69) is 9.71 Å². The van der Waals surface area contributed by atoms with Crippen LogP contribution in [0.2, 0.25) is 0 Å². The first-order valence-corrected chi connectivity index (χ1v) is 7.59. The van der Waals surface area contributed by atoms with Gasteiger partial charge in [-0.05, 0) is 24.6 Å². The third-order valence-corrected chi connectivity index (χ3v) is 4.61. The normalized spacial score (nSPS) is 11.5. The van der Waals surface area contributed by atoms with Gasteiger partial charge in [0.15, 0.2) is 0 Å². The molecular formula is C13H15N3O4S. The maximum Gasteiger partial charge on any atom is 0.335 e. The van der Waals surface area contributed by atoms with E-state index in [9.17, 15) is 13.2 Å². The van der Waals surface area contributed by atoms with Crippen molar-refractivity contribution < 1.29 is 18.3 Å². The van der Waals surface area contributed by atoms with Crippen LogP contribution < -0.4 is 4.72 Å². The minimum absolute atomic E-state index is 0.0303. The van der Waals surface area contributed by atoms with Crippen molar-refractivity contribution in [2.45, 2.75) is 18.4 Å². The van der Waals surface area contributed by atoms with Gasteiger partial charge in [-0.25, -0.2) is 22.9 Å². The predicted octanol–water partition coefficient (Wildman–Crippen LogP) is 0.905. The van der Waals surface area contributed by atoms with Crippen LogP contribution in [0, 0.1) is 6.92 Å². The number of carboxylic acid groups (broad SMARTS) is 1. The van der Waals surface area contributed by atoms with E-state index in [4.69, 9.17) is 5.11 Å². The quantitative estimate of drug-likeness (QED) is 0.854. The first kappa shape index (κ1) is 15.2. The highest BCUT2D eigenvalue weighted by Gasteiger charge is 2.19. The summed E-state index contributed by atoms with van der Waals surface area (Å²) in [4.78, 5) is 14.9. The Labute approximate surface area is 122 Å². The molecule has 2 aromatic rings. The van der Waals surface area contributed by atoms with E-state index in [0.717, 1.165) is 6.07 Å². The molecule has 7 nitrogen and oxygen atoms in total. The zero-order valence-electron chi connectivity index (χ0n) is 11.6. The Balaban J connectivity index is 2.29. The zero-order chi connectivity index (χ0) is 15.6. The lowest BCUT2D eigenvalue weighted by molar-refractivity contribution is 0.0696. The van der Waals surface area contributed by atoms with Gasteiger partial charge in [-0.15, -0.1) is 0 Å². The van der Waals surface area contributed by atoms with Gasteiger partial charge in [-0.3, -0.25) is 0 Å². The number of aromatic carboxylic acids is 1. The molecule has 2 rings (SSSR count). The van der Waals surface area contributed by atoms with Gasteiger partial charge < -0.3 is 9.67 Å². The summed E-state index contributed by atoms with van der Waals surface area (Å²) < 4.78 is 28.7. The number of nitrogens with one attached hydrogen (secondary N) is 1. The molecule has 0 bridgehead atoms. The van der Waals surface area contributed by atoms with Crippen LogP contribution >= 0.6 is 0 Å². The van der Waals surface area contributed by atoms with Gasteiger partial charge in [-0.2, -0.15) is 0 Å². The van der Waals surface area contributed by atoms with Gasteiger partial charge in [0.05, 0.1) is 17.0 Å². The van der Waals surface area contributed by atoms with E-state index in [0.29, 0.717) is 11.4 Å².